The van der Waals surface area contributed by atoms with Crippen molar-refractivity contribution < 1.29 is 4.74 Å². The van der Waals surface area contributed by atoms with Gasteiger partial charge >= 0.3 is 0 Å². The summed E-state index contributed by atoms with van der Waals surface area (Å²) in [6.45, 7) is 2.23. The number of ether oxygens (including phenoxy) is 1. The third-order valence-corrected chi connectivity index (χ3v) is 6.07. The Morgan fingerprint density at radius 2 is 2.11 bits per heavy atom. The summed E-state index contributed by atoms with van der Waals surface area (Å²) in [6.07, 6.45) is 9.10. The highest BCUT2D eigenvalue weighted by atomic mass is 16.5. The summed E-state index contributed by atoms with van der Waals surface area (Å²) in [5.74, 6) is 3.51. The quantitative estimate of drug-likeness (QED) is 0.889. The number of rotatable bonds is 4. The van der Waals surface area contributed by atoms with Crippen LogP contribution in [0.1, 0.15) is 55.4 Å². The van der Waals surface area contributed by atoms with Crippen molar-refractivity contribution in [1.82, 2.24) is 20.1 Å². The molecule has 1 aliphatic carbocycles. The van der Waals surface area contributed by atoms with Gasteiger partial charge in [0.15, 0.2) is 5.82 Å². The van der Waals surface area contributed by atoms with Crippen molar-refractivity contribution in [2.45, 2.75) is 50.4 Å². The first kappa shape index (κ1) is 17.0. The second kappa shape index (κ2) is 6.79. The van der Waals surface area contributed by atoms with Gasteiger partial charge < -0.3 is 10.1 Å². The molecule has 1 aromatic carbocycles. The van der Waals surface area contributed by atoms with Crippen LogP contribution in [0, 0.1) is 17.2 Å². The average Bonchev–Trinajstić information content (AvgIpc) is 3.45. The molecule has 1 aromatic heterocycles. The molecule has 1 N–H and O–H groups in total. The van der Waals surface area contributed by atoms with Gasteiger partial charge in [-0.05, 0) is 55.3 Å². The van der Waals surface area contributed by atoms with E-state index in [4.69, 9.17) is 10.00 Å². The van der Waals surface area contributed by atoms with E-state index in [0.29, 0.717) is 17.4 Å². The SMILES string of the molecule is CC[C@@H]1C[C@@H](Oc2ccc(C#N)cc2)CC1c1nnc2n1C1C=CNC1N=C2. The molecule has 0 spiro atoms. The second-order valence-corrected chi connectivity index (χ2v) is 7.65. The number of hydrogen-bond acceptors (Lipinski definition) is 6. The number of fused-ring (bicyclic) bond motifs is 3. The summed E-state index contributed by atoms with van der Waals surface area (Å²) in [7, 11) is 0. The molecule has 5 rings (SSSR count). The molecule has 0 radical (unpaired) electrons. The fourth-order valence-electron chi connectivity index (χ4n) is 4.66. The summed E-state index contributed by atoms with van der Waals surface area (Å²) >= 11 is 0. The van der Waals surface area contributed by atoms with Crippen molar-refractivity contribution in [3.63, 3.8) is 0 Å². The molecule has 2 aromatic rings. The molecule has 0 amide bonds. The van der Waals surface area contributed by atoms with E-state index >= 15 is 0 Å². The lowest BCUT2D eigenvalue weighted by Crippen LogP contribution is -2.33. The molecule has 2 aliphatic heterocycles. The van der Waals surface area contributed by atoms with E-state index in [2.05, 4.69) is 44.1 Å². The lowest BCUT2D eigenvalue weighted by Gasteiger charge is -2.26. The fourth-order valence-corrected chi connectivity index (χ4v) is 4.66. The molecule has 3 aliphatic rings. The zero-order chi connectivity index (χ0) is 19.1. The molecule has 1 saturated carbocycles. The van der Waals surface area contributed by atoms with Crippen LogP contribution in [0.3, 0.4) is 0 Å². The van der Waals surface area contributed by atoms with Crippen LogP contribution in [0.4, 0.5) is 0 Å². The standard InChI is InChI=1S/C21H22N6O/c1-2-14-9-16(28-15-5-3-13(11-22)4-6-15)10-17(14)21-26-25-19-12-24-20-18(27(19)21)7-8-23-20/h3-8,12,14,16-18,20,23H,2,9-10H2,1H3/t14-,16-,17?,18?,20?/m1/s1. The first-order valence-corrected chi connectivity index (χ1v) is 9.84. The maximum absolute atomic E-state index is 8.96. The van der Waals surface area contributed by atoms with Gasteiger partial charge in [-0.3, -0.25) is 9.56 Å². The third kappa shape index (κ3) is 2.76. The Balaban J connectivity index is 1.39. The van der Waals surface area contributed by atoms with Crippen molar-refractivity contribution in [1.29, 1.82) is 5.26 Å². The van der Waals surface area contributed by atoms with E-state index in [1.165, 1.54) is 0 Å². The molecule has 3 heterocycles. The van der Waals surface area contributed by atoms with Crippen LogP contribution >= 0.6 is 0 Å². The summed E-state index contributed by atoms with van der Waals surface area (Å²) in [5.41, 5.74) is 0.646. The van der Waals surface area contributed by atoms with Gasteiger partial charge in [0, 0.05) is 5.92 Å². The second-order valence-electron chi connectivity index (χ2n) is 7.65. The van der Waals surface area contributed by atoms with Crippen LogP contribution in [-0.4, -0.2) is 33.2 Å². The van der Waals surface area contributed by atoms with Crippen LogP contribution < -0.4 is 10.1 Å². The lowest BCUT2D eigenvalue weighted by atomic mass is 9.92. The predicted octanol–water partition coefficient (Wildman–Crippen LogP) is 2.92. The minimum atomic E-state index is 0.0365. The van der Waals surface area contributed by atoms with Crippen molar-refractivity contribution >= 4 is 6.21 Å². The predicted molar refractivity (Wildman–Crippen MR) is 104 cm³/mol. The molecule has 3 unspecified atom stereocenters. The third-order valence-electron chi connectivity index (χ3n) is 6.07. The summed E-state index contributed by atoms with van der Waals surface area (Å²) in [6, 6.07) is 9.63. The van der Waals surface area contributed by atoms with Gasteiger partial charge in [0.2, 0.25) is 0 Å². The molecule has 142 valence electrons. The van der Waals surface area contributed by atoms with Gasteiger partial charge in [0.1, 0.15) is 17.7 Å². The van der Waals surface area contributed by atoms with E-state index in [1.54, 1.807) is 12.1 Å². The highest BCUT2D eigenvalue weighted by molar-refractivity contribution is 5.76. The molecule has 28 heavy (non-hydrogen) atoms. The minimum Gasteiger partial charge on any atom is -0.490 e. The van der Waals surface area contributed by atoms with E-state index < -0.39 is 0 Å². The Morgan fingerprint density at radius 1 is 1.25 bits per heavy atom. The Labute approximate surface area is 163 Å². The molecule has 7 heteroatoms. The number of nitrogens with zero attached hydrogens (tertiary/aromatic N) is 5. The van der Waals surface area contributed by atoms with Crippen LogP contribution in [-0.2, 0) is 0 Å². The first-order valence-electron chi connectivity index (χ1n) is 9.84. The van der Waals surface area contributed by atoms with Crippen molar-refractivity contribution in [3.8, 4) is 11.8 Å². The van der Waals surface area contributed by atoms with Gasteiger partial charge in [0.05, 0.1) is 30.0 Å². The number of aromatic nitrogens is 3. The highest BCUT2D eigenvalue weighted by Crippen LogP contribution is 2.44. The maximum atomic E-state index is 8.96. The molecule has 1 fully saturated rings. The van der Waals surface area contributed by atoms with Crippen LogP contribution in [0.15, 0.2) is 41.5 Å². The molecular formula is C21H22N6O. The largest absolute Gasteiger partial charge is 0.490 e. The van der Waals surface area contributed by atoms with Gasteiger partial charge in [0.25, 0.3) is 0 Å². The Kier molecular flexibility index (Phi) is 4.12. The molecule has 5 atom stereocenters. The average molecular weight is 374 g/mol. The monoisotopic (exact) mass is 374 g/mol. The number of nitriles is 1. The number of benzene rings is 1. The zero-order valence-electron chi connectivity index (χ0n) is 15.7. The van der Waals surface area contributed by atoms with Gasteiger partial charge in [-0.1, -0.05) is 13.3 Å². The molecule has 7 nitrogen and oxygen atoms in total. The zero-order valence-corrected chi connectivity index (χ0v) is 15.7. The first-order chi connectivity index (χ1) is 13.8. The molecular weight excluding hydrogens is 352 g/mol. The van der Waals surface area contributed by atoms with Crippen LogP contribution in [0.5, 0.6) is 5.75 Å². The maximum Gasteiger partial charge on any atom is 0.175 e. The summed E-state index contributed by atoms with van der Waals surface area (Å²) < 4.78 is 8.49. The van der Waals surface area contributed by atoms with E-state index in [1.807, 2.05) is 24.5 Å². The Morgan fingerprint density at radius 3 is 2.89 bits per heavy atom. The smallest absolute Gasteiger partial charge is 0.175 e. The summed E-state index contributed by atoms with van der Waals surface area (Å²) in [4.78, 5) is 4.53. The van der Waals surface area contributed by atoms with E-state index in [0.717, 1.165) is 36.7 Å². The highest BCUT2D eigenvalue weighted by Gasteiger charge is 2.41. The number of aliphatic imine (C=N–C) groups is 1. The molecule has 0 saturated heterocycles. The molecule has 0 bridgehead atoms. The van der Waals surface area contributed by atoms with Gasteiger partial charge in [-0.25, -0.2) is 0 Å². The topological polar surface area (TPSA) is 88.1 Å². The van der Waals surface area contributed by atoms with Gasteiger partial charge in [-0.2, -0.15) is 5.26 Å². The van der Waals surface area contributed by atoms with Crippen molar-refractivity contribution in [3.05, 3.63) is 53.8 Å². The number of nitrogens with one attached hydrogen (secondary N) is 1. The normalized spacial score (nSPS) is 29.8. The lowest BCUT2D eigenvalue weighted by molar-refractivity contribution is 0.203. The minimum absolute atomic E-state index is 0.0365. The fraction of sp³-hybridized carbons (Fsp3) is 0.429. The Bertz CT molecular complexity index is 970. The van der Waals surface area contributed by atoms with E-state index in [-0.39, 0.29) is 18.3 Å². The number of hydrogen-bond donors (Lipinski definition) is 1. The Hall–Kier alpha value is -3.14. The summed E-state index contributed by atoms with van der Waals surface area (Å²) in [5, 5.41) is 21.2. The van der Waals surface area contributed by atoms with Crippen molar-refractivity contribution in [2.75, 3.05) is 0 Å². The van der Waals surface area contributed by atoms with Crippen LogP contribution in [0.2, 0.25) is 0 Å². The van der Waals surface area contributed by atoms with Gasteiger partial charge in [-0.15, -0.1) is 10.2 Å². The van der Waals surface area contributed by atoms with Crippen LogP contribution in [0.25, 0.3) is 0 Å². The van der Waals surface area contributed by atoms with Crippen molar-refractivity contribution in [2.24, 2.45) is 10.9 Å². The van der Waals surface area contributed by atoms with E-state index in [9.17, 15) is 0 Å².